The molecule has 5 heteroatoms. The molecule has 0 saturated carbocycles. The van der Waals surface area contributed by atoms with E-state index in [1.807, 2.05) is 26.0 Å². The molecular formula is C20H31N3O2. The topological polar surface area (TPSA) is 66.6 Å². The first-order chi connectivity index (χ1) is 11.7. The Labute approximate surface area is 151 Å². The van der Waals surface area contributed by atoms with Gasteiger partial charge in [-0.1, -0.05) is 39.8 Å². The van der Waals surface area contributed by atoms with Gasteiger partial charge in [0.1, 0.15) is 5.92 Å². The van der Waals surface area contributed by atoms with Crippen molar-refractivity contribution in [2.24, 2.45) is 17.1 Å². The van der Waals surface area contributed by atoms with Crippen LogP contribution in [0.4, 0.5) is 5.69 Å². The first-order valence-electron chi connectivity index (χ1n) is 9.02. The monoisotopic (exact) mass is 345 g/mol. The van der Waals surface area contributed by atoms with Crippen molar-refractivity contribution in [3.05, 3.63) is 29.8 Å². The Hall–Kier alpha value is -1.88. The number of amides is 2. The van der Waals surface area contributed by atoms with Crippen LogP contribution in [0.15, 0.2) is 24.3 Å². The van der Waals surface area contributed by atoms with Crippen molar-refractivity contribution in [2.75, 3.05) is 31.6 Å². The first-order valence-corrected chi connectivity index (χ1v) is 9.02. The highest BCUT2D eigenvalue weighted by molar-refractivity contribution is 6.09. The molecule has 1 atom stereocenters. The molecule has 1 aromatic carbocycles. The smallest absolute Gasteiger partial charge is 0.239 e. The van der Waals surface area contributed by atoms with Crippen LogP contribution >= 0.6 is 0 Å². The van der Waals surface area contributed by atoms with Gasteiger partial charge >= 0.3 is 0 Å². The summed E-state index contributed by atoms with van der Waals surface area (Å²) in [6.45, 7) is 9.97. The predicted octanol–water partition coefficient (Wildman–Crippen LogP) is 2.61. The van der Waals surface area contributed by atoms with Gasteiger partial charge in [0.05, 0.1) is 0 Å². The van der Waals surface area contributed by atoms with E-state index in [0.29, 0.717) is 32.0 Å². The van der Waals surface area contributed by atoms with E-state index in [9.17, 15) is 9.59 Å². The Morgan fingerprint density at radius 2 is 1.92 bits per heavy atom. The van der Waals surface area contributed by atoms with Crippen LogP contribution in [0.2, 0.25) is 0 Å². The Morgan fingerprint density at radius 3 is 2.44 bits per heavy atom. The number of anilines is 1. The highest BCUT2D eigenvalue weighted by atomic mass is 16.2. The van der Waals surface area contributed by atoms with Crippen LogP contribution in [-0.2, 0) is 9.59 Å². The van der Waals surface area contributed by atoms with Gasteiger partial charge in [-0.3, -0.25) is 9.59 Å². The van der Waals surface area contributed by atoms with E-state index >= 15 is 0 Å². The lowest BCUT2D eigenvalue weighted by Gasteiger charge is -2.30. The molecule has 2 rings (SSSR count). The molecule has 0 radical (unpaired) electrons. The summed E-state index contributed by atoms with van der Waals surface area (Å²) in [6, 6.07) is 8.05. The molecule has 1 saturated heterocycles. The van der Waals surface area contributed by atoms with E-state index in [2.05, 4.69) is 26.0 Å². The first kappa shape index (κ1) is 19.4. The summed E-state index contributed by atoms with van der Waals surface area (Å²) in [5.74, 6) is -0.326. The summed E-state index contributed by atoms with van der Waals surface area (Å²) >= 11 is 0. The molecule has 1 aromatic rings. The molecule has 0 aromatic heterocycles. The number of carbonyl (C=O) groups is 2. The number of hydrogen-bond acceptors (Lipinski definition) is 3. The number of hydrogen-bond donors (Lipinski definition) is 1. The second-order valence-electron chi connectivity index (χ2n) is 8.14. The normalized spacial score (nSPS) is 18.1. The van der Waals surface area contributed by atoms with Crippen LogP contribution in [0.5, 0.6) is 0 Å². The van der Waals surface area contributed by atoms with Crippen LogP contribution in [0.1, 0.15) is 45.6 Å². The van der Waals surface area contributed by atoms with Crippen molar-refractivity contribution in [3.8, 4) is 0 Å². The van der Waals surface area contributed by atoms with Gasteiger partial charge in [0.15, 0.2) is 0 Å². The standard InChI is InChI=1S/C20H31N3O2/c1-14(2)15-6-8-16(9-7-15)23-11-10-17(19(23)25)18(24)22(5)13-20(3,4)12-21/h6-9,14,17H,10-13,21H2,1-5H3. The Morgan fingerprint density at radius 1 is 1.32 bits per heavy atom. The van der Waals surface area contributed by atoms with Crippen molar-refractivity contribution in [1.82, 2.24) is 4.90 Å². The van der Waals surface area contributed by atoms with Crippen molar-refractivity contribution in [1.29, 1.82) is 0 Å². The molecule has 2 N–H and O–H groups in total. The van der Waals surface area contributed by atoms with Crippen molar-refractivity contribution < 1.29 is 9.59 Å². The zero-order chi connectivity index (χ0) is 18.8. The maximum absolute atomic E-state index is 12.8. The number of carbonyl (C=O) groups excluding carboxylic acids is 2. The lowest BCUT2D eigenvalue weighted by molar-refractivity contribution is -0.139. The van der Waals surface area contributed by atoms with Gasteiger partial charge in [0.25, 0.3) is 0 Å². The molecule has 1 unspecified atom stereocenters. The number of nitrogens with zero attached hydrogens (tertiary/aromatic N) is 2. The maximum Gasteiger partial charge on any atom is 0.239 e. The molecule has 1 heterocycles. The highest BCUT2D eigenvalue weighted by Gasteiger charge is 2.39. The molecule has 138 valence electrons. The molecule has 0 spiro atoms. The Kier molecular flexibility index (Phi) is 5.88. The SMILES string of the molecule is CC(C)c1ccc(N2CCC(C(=O)N(C)CC(C)(C)CN)C2=O)cc1. The van der Waals surface area contributed by atoms with Crippen molar-refractivity contribution >= 4 is 17.5 Å². The number of benzene rings is 1. The summed E-state index contributed by atoms with van der Waals surface area (Å²) in [7, 11) is 1.76. The molecule has 0 aliphatic carbocycles. The van der Waals surface area contributed by atoms with Gasteiger partial charge in [0.2, 0.25) is 11.8 Å². The Balaban J connectivity index is 2.06. The summed E-state index contributed by atoms with van der Waals surface area (Å²) in [4.78, 5) is 28.9. The average Bonchev–Trinajstić information content (AvgIpc) is 2.95. The lowest BCUT2D eigenvalue weighted by atomic mass is 9.92. The van der Waals surface area contributed by atoms with Crippen LogP contribution in [0.3, 0.4) is 0 Å². The van der Waals surface area contributed by atoms with E-state index in [1.54, 1.807) is 16.8 Å². The summed E-state index contributed by atoms with van der Waals surface area (Å²) in [6.07, 6.45) is 0.566. The molecule has 1 aliphatic heterocycles. The van der Waals surface area contributed by atoms with E-state index in [0.717, 1.165) is 5.69 Å². The third kappa shape index (κ3) is 4.40. The van der Waals surface area contributed by atoms with Crippen LogP contribution in [-0.4, -0.2) is 43.4 Å². The number of rotatable bonds is 6. The van der Waals surface area contributed by atoms with E-state index in [-0.39, 0.29) is 17.2 Å². The minimum atomic E-state index is -0.580. The van der Waals surface area contributed by atoms with Crippen LogP contribution in [0, 0.1) is 11.3 Å². The summed E-state index contributed by atoms with van der Waals surface area (Å²) < 4.78 is 0. The second kappa shape index (κ2) is 7.56. The fourth-order valence-corrected chi connectivity index (χ4v) is 3.26. The van der Waals surface area contributed by atoms with Crippen LogP contribution < -0.4 is 10.6 Å². The summed E-state index contributed by atoms with van der Waals surface area (Å²) in [5.41, 5.74) is 7.71. The minimum absolute atomic E-state index is 0.0975. The highest BCUT2D eigenvalue weighted by Crippen LogP contribution is 2.28. The van der Waals surface area contributed by atoms with Crippen molar-refractivity contribution in [3.63, 3.8) is 0 Å². The van der Waals surface area contributed by atoms with Crippen molar-refractivity contribution in [2.45, 2.75) is 40.0 Å². The average molecular weight is 345 g/mol. The van der Waals surface area contributed by atoms with Gasteiger partial charge in [-0.2, -0.15) is 0 Å². The van der Waals surface area contributed by atoms with Crippen LogP contribution in [0.25, 0.3) is 0 Å². The Bertz CT molecular complexity index is 622. The summed E-state index contributed by atoms with van der Waals surface area (Å²) in [5, 5.41) is 0. The molecule has 1 fully saturated rings. The fourth-order valence-electron chi connectivity index (χ4n) is 3.26. The quantitative estimate of drug-likeness (QED) is 0.806. The third-order valence-electron chi connectivity index (χ3n) is 4.97. The molecule has 1 aliphatic rings. The van der Waals surface area contributed by atoms with Gasteiger partial charge in [-0.25, -0.2) is 0 Å². The van der Waals surface area contributed by atoms with Gasteiger partial charge in [-0.05, 0) is 42.0 Å². The molecule has 2 amide bonds. The van der Waals surface area contributed by atoms with Gasteiger partial charge in [-0.15, -0.1) is 0 Å². The van der Waals surface area contributed by atoms with Gasteiger partial charge in [0, 0.05) is 25.8 Å². The molecule has 5 nitrogen and oxygen atoms in total. The van der Waals surface area contributed by atoms with E-state index in [4.69, 9.17) is 5.73 Å². The van der Waals surface area contributed by atoms with E-state index < -0.39 is 5.92 Å². The maximum atomic E-state index is 12.8. The lowest BCUT2D eigenvalue weighted by Crippen LogP contribution is -2.44. The third-order valence-corrected chi connectivity index (χ3v) is 4.97. The molecule has 25 heavy (non-hydrogen) atoms. The largest absolute Gasteiger partial charge is 0.344 e. The zero-order valence-electron chi connectivity index (χ0n) is 16.1. The zero-order valence-corrected chi connectivity index (χ0v) is 16.1. The van der Waals surface area contributed by atoms with Gasteiger partial charge < -0.3 is 15.5 Å². The molecular weight excluding hydrogens is 314 g/mol. The fraction of sp³-hybridized carbons (Fsp3) is 0.600. The minimum Gasteiger partial charge on any atom is -0.344 e. The van der Waals surface area contributed by atoms with E-state index in [1.165, 1.54) is 5.56 Å². The predicted molar refractivity (Wildman–Crippen MR) is 101 cm³/mol. The molecule has 0 bridgehead atoms. The second-order valence-corrected chi connectivity index (χ2v) is 8.14. The number of nitrogens with two attached hydrogens (primary N) is 1.